The molecule has 0 radical (unpaired) electrons. The normalized spacial score (nSPS) is 15.2. The summed E-state index contributed by atoms with van der Waals surface area (Å²) < 4.78 is 0. The van der Waals surface area contributed by atoms with E-state index in [2.05, 4.69) is 108 Å². The molecular weight excluding hydrogens is 347 g/mol. The zero-order chi connectivity index (χ0) is 20.9. The van der Waals surface area contributed by atoms with Crippen molar-refractivity contribution in [2.45, 2.75) is 117 Å². The average molecular weight is 393 g/mol. The van der Waals surface area contributed by atoms with Gasteiger partial charge in [-0.15, -0.1) is 8.13 Å². The van der Waals surface area contributed by atoms with Crippen molar-refractivity contribution in [2.24, 2.45) is 0 Å². The van der Waals surface area contributed by atoms with Crippen LogP contribution in [0.4, 0.5) is 0 Å². The van der Waals surface area contributed by atoms with E-state index >= 15 is 0 Å². The van der Waals surface area contributed by atoms with Crippen molar-refractivity contribution >= 4 is 21.2 Å². The first-order chi connectivity index (χ1) is 11.2. The van der Waals surface area contributed by atoms with Crippen molar-refractivity contribution in [2.75, 3.05) is 0 Å². The van der Waals surface area contributed by atoms with E-state index in [-0.39, 0.29) is 16.2 Å². The van der Waals surface area contributed by atoms with Crippen molar-refractivity contribution in [1.82, 2.24) is 0 Å². The summed E-state index contributed by atoms with van der Waals surface area (Å²) in [6.45, 7) is 33.9. The van der Waals surface area contributed by atoms with Crippen molar-refractivity contribution < 1.29 is 0 Å². The van der Waals surface area contributed by atoms with Crippen LogP contribution in [0.5, 0.6) is 0 Å². The van der Waals surface area contributed by atoms with Crippen LogP contribution in [0.2, 0.25) is 18.1 Å². The van der Waals surface area contributed by atoms with Crippen molar-refractivity contribution in [1.29, 1.82) is 0 Å². The van der Waals surface area contributed by atoms with E-state index in [0.29, 0.717) is 5.04 Å². The molecule has 1 aromatic rings. The van der Waals surface area contributed by atoms with Gasteiger partial charge in [-0.3, -0.25) is 0 Å². The largest absolute Gasteiger partial charge is 0.101 e. The van der Waals surface area contributed by atoms with E-state index in [9.17, 15) is 0 Å². The number of rotatable bonds is 2. The summed E-state index contributed by atoms with van der Waals surface area (Å²) in [7, 11) is -0.456. The van der Waals surface area contributed by atoms with E-state index < -0.39 is 7.74 Å². The third-order valence-corrected chi connectivity index (χ3v) is 16.0. The Hall–Kier alpha value is -0.133. The Bertz CT molecular complexity index is 606. The van der Waals surface area contributed by atoms with Gasteiger partial charge in [-0.1, -0.05) is 108 Å². The predicted molar refractivity (Wildman–Crippen MR) is 128 cm³/mol. The van der Waals surface area contributed by atoms with Crippen LogP contribution in [0.3, 0.4) is 0 Å². The molecule has 150 valence electrons. The lowest BCUT2D eigenvalue weighted by atomic mass is 9.75. The molecule has 1 atom stereocenters. The molecule has 1 rings (SSSR count). The minimum absolute atomic E-state index is 0.173. The van der Waals surface area contributed by atoms with E-state index in [1.807, 2.05) is 0 Å². The molecule has 0 heterocycles. The fraction of sp³-hybridized carbons (Fsp3) is 0.750. The molecule has 0 fully saturated rings. The predicted octanol–water partition coefficient (Wildman–Crippen LogP) is 7.89. The summed E-state index contributed by atoms with van der Waals surface area (Å²) >= 11 is 0. The van der Waals surface area contributed by atoms with E-state index in [0.717, 1.165) is 8.13 Å². The fourth-order valence-electron chi connectivity index (χ4n) is 2.89. The number of hydrogen-bond acceptors (Lipinski definition) is 0. The molecule has 2 heteroatoms. The monoisotopic (exact) mass is 392 g/mol. The van der Waals surface area contributed by atoms with E-state index in [1.165, 1.54) is 5.56 Å². The lowest BCUT2D eigenvalue weighted by molar-refractivity contribution is 0.554. The first-order valence-electron chi connectivity index (χ1n) is 10.2. The summed E-state index contributed by atoms with van der Waals surface area (Å²) in [5, 5.41) is 2.09. The van der Waals surface area contributed by atoms with Crippen molar-refractivity contribution in [3.63, 3.8) is 0 Å². The molecule has 0 aliphatic carbocycles. The van der Waals surface area contributed by atoms with Gasteiger partial charge in [0.25, 0.3) is 0 Å². The second kappa shape index (κ2) is 7.04. The lowest BCUT2D eigenvalue weighted by Gasteiger charge is -2.41. The Morgan fingerprint density at radius 2 is 0.962 bits per heavy atom. The van der Waals surface area contributed by atoms with Crippen LogP contribution in [0.1, 0.15) is 99.8 Å². The molecule has 1 unspecified atom stereocenters. The van der Waals surface area contributed by atoms with Crippen LogP contribution in [0.15, 0.2) is 12.1 Å². The van der Waals surface area contributed by atoms with Crippen LogP contribution in [-0.2, 0) is 16.2 Å². The highest BCUT2D eigenvalue weighted by atomic mass is 31.3. The maximum absolute atomic E-state index is 2.59. The van der Waals surface area contributed by atoms with Crippen LogP contribution in [0, 0.1) is 0 Å². The van der Waals surface area contributed by atoms with Crippen molar-refractivity contribution in [3.8, 4) is 0 Å². The Morgan fingerprint density at radius 1 is 0.615 bits per heavy atom. The quantitative estimate of drug-likeness (QED) is 0.354. The van der Waals surface area contributed by atoms with E-state index in [1.54, 1.807) is 16.4 Å². The molecule has 0 spiro atoms. The lowest BCUT2D eigenvalue weighted by Crippen LogP contribution is -2.38. The van der Waals surface area contributed by atoms with Gasteiger partial charge in [0.1, 0.15) is 0 Å². The van der Waals surface area contributed by atoms with Crippen LogP contribution in [0.25, 0.3) is 0 Å². The van der Waals surface area contributed by atoms with Gasteiger partial charge < -0.3 is 0 Å². The Morgan fingerprint density at radius 3 is 1.19 bits per heavy atom. The SMILES string of the molecule is CC(C)(C)c1cc(C(C)(C)C)c(P[Si](C)(C)C(C)(C)C)c(C(C)(C)C)c1. The molecular formula is C24H45PSi. The smallest absolute Gasteiger partial charge is 0.0820 e. The summed E-state index contributed by atoms with van der Waals surface area (Å²) in [5.74, 6) is 0. The van der Waals surface area contributed by atoms with Crippen molar-refractivity contribution in [3.05, 3.63) is 28.8 Å². The molecule has 26 heavy (non-hydrogen) atoms. The molecule has 0 aliphatic rings. The van der Waals surface area contributed by atoms with Gasteiger partial charge in [0, 0.05) is 0 Å². The van der Waals surface area contributed by atoms with Gasteiger partial charge in [-0.05, 0) is 43.3 Å². The highest BCUT2D eigenvalue weighted by Crippen LogP contribution is 2.49. The molecule has 0 aromatic heterocycles. The molecule has 0 bridgehead atoms. The molecule has 0 amide bonds. The second-order valence-electron chi connectivity index (χ2n) is 12.7. The molecule has 0 nitrogen and oxygen atoms in total. The molecule has 0 N–H and O–H groups in total. The van der Waals surface area contributed by atoms with E-state index in [4.69, 9.17) is 0 Å². The Balaban J connectivity index is 3.86. The van der Waals surface area contributed by atoms with Gasteiger partial charge in [-0.25, -0.2) is 0 Å². The first kappa shape index (κ1) is 23.9. The molecule has 1 aromatic carbocycles. The van der Waals surface area contributed by atoms with Crippen LogP contribution < -0.4 is 5.30 Å². The molecule has 0 saturated carbocycles. The van der Waals surface area contributed by atoms with Gasteiger partial charge in [0.05, 0.1) is 7.74 Å². The number of hydrogen-bond donors (Lipinski definition) is 0. The average Bonchev–Trinajstić information content (AvgIpc) is 2.32. The second-order valence-corrected chi connectivity index (χ2v) is 22.7. The maximum Gasteiger partial charge on any atom is 0.0820 e. The van der Waals surface area contributed by atoms with Crippen LogP contribution in [-0.4, -0.2) is 7.74 Å². The number of benzene rings is 1. The fourth-order valence-corrected chi connectivity index (χ4v) is 8.86. The Kier molecular flexibility index (Phi) is 6.47. The van der Waals surface area contributed by atoms with Gasteiger partial charge in [-0.2, -0.15) is 0 Å². The van der Waals surface area contributed by atoms with Gasteiger partial charge in [0.2, 0.25) is 0 Å². The zero-order valence-electron chi connectivity index (χ0n) is 20.2. The minimum Gasteiger partial charge on any atom is -0.101 e. The molecule has 0 saturated heterocycles. The summed E-state index contributed by atoms with van der Waals surface area (Å²) in [6.07, 6.45) is 0. The van der Waals surface area contributed by atoms with Crippen LogP contribution >= 0.6 is 8.13 Å². The van der Waals surface area contributed by atoms with Gasteiger partial charge >= 0.3 is 0 Å². The highest BCUT2D eigenvalue weighted by molar-refractivity contribution is 7.87. The third-order valence-electron chi connectivity index (χ3n) is 5.93. The Labute approximate surface area is 167 Å². The third kappa shape index (κ3) is 5.45. The summed E-state index contributed by atoms with van der Waals surface area (Å²) in [5.41, 5.74) is 5.17. The standard InChI is InChI=1S/C24H45PSi/c1-21(2,3)17-15-18(22(4,5)6)20(19(16-17)23(7,8)9)25-26(13,14)24(10,11)12/h15-16,25H,1-14H3. The summed E-state index contributed by atoms with van der Waals surface area (Å²) in [4.78, 5) is 0. The minimum atomic E-state index is -1.40. The zero-order valence-corrected chi connectivity index (χ0v) is 22.2. The highest BCUT2D eigenvalue weighted by Gasteiger charge is 2.38. The summed E-state index contributed by atoms with van der Waals surface area (Å²) in [6, 6.07) is 5.06. The van der Waals surface area contributed by atoms with Gasteiger partial charge in [0.15, 0.2) is 0 Å². The molecule has 0 aliphatic heterocycles. The maximum atomic E-state index is 2.59. The topological polar surface area (TPSA) is 0 Å². The first-order valence-corrected chi connectivity index (χ1v) is 15.2.